The normalized spacial score (nSPS) is 21.6. The summed E-state index contributed by atoms with van der Waals surface area (Å²) in [7, 11) is 0. The first-order valence-electron chi connectivity index (χ1n) is 6.41. The lowest BCUT2D eigenvalue weighted by molar-refractivity contribution is 0.0965. The van der Waals surface area contributed by atoms with Crippen molar-refractivity contribution < 1.29 is 4.79 Å². The van der Waals surface area contributed by atoms with Crippen molar-refractivity contribution in [3.63, 3.8) is 0 Å². The Morgan fingerprint density at radius 1 is 1.00 bits per heavy atom. The number of benzene rings is 2. The van der Waals surface area contributed by atoms with Gasteiger partial charge in [0, 0.05) is 11.5 Å². The van der Waals surface area contributed by atoms with E-state index in [4.69, 9.17) is 0 Å². The van der Waals surface area contributed by atoms with Crippen molar-refractivity contribution in [3.8, 4) is 0 Å². The molecule has 1 aliphatic carbocycles. The second-order valence-electron chi connectivity index (χ2n) is 5.09. The molecule has 1 saturated carbocycles. The minimum Gasteiger partial charge on any atom is -0.294 e. The maximum absolute atomic E-state index is 12.3. The second kappa shape index (κ2) is 4.41. The first-order chi connectivity index (χ1) is 8.75. The summed E-state index contributed by atoms with van der Waals surface area (Å²) >= 11 is 0. The fourth-order valence-corrected chi connectivity index (χ4v) is 2.48. The van der Waals surface area contributed by atoms with E-state index in [9.17, 15) is 4.79 Å². The zero-order chi connectivity index (χ0) is 12.5. The molecule has 3 rings (SSSR count). The standard InChI is InChI=1S/C17H16O/c1-12-7-9-13(10-8-12)15-11-16(15)17(18)14-5-3-2-4-6-14/h2-10,15-16H,11H2,1H3/t15-,16+/m1/s1. The number of carbonyl (C=O) groups excluding carboxylic acids is 1. The van der Waals surface area contributed by atoms with Gasteiger partial charge in [-0.1, -0.05) is 60.2 Å². The molecule has 2 atom stereocenters. The number of hydrogen-bond donors (Lipinski definition) is 0. The third kappa shape index (κ3) is 2.08. The highest BCUT2D eigenvalue weighted by molar-refractivity contribution is 6.00. The zero-order valence-corrected chi connectivity index (χ0v) is 10.5. The maximum atomic E-state index is 12.3. The number of ketones is 1. The van der Waals surface area contributed by atoms with Crippen LogP contribution in [0.1, 0.15) is 33.8 Å². The molecule has 0 bridgehead atoms. The molecule has 2 aromatic rings. The summed E-state index contributed by atoms with van der Waals surface area (Å²) in [4.78, 5) is 12.3. The SMILES string of the molecule is Cc1ccc([C@H]2C[C@@H]2C(=O)c2ccccc2)cc1. The monoisotopic (exact) mass is 236 g/mol. The zero-order valence-electron chi connectivity index (χ0n) is 10.5. The van der Waals surface area contributed by atoms with Crippen molar-refractivity contribution in [2.75, 3.05) is 0 Å². The van der Waals surface area contributed by atoms with E-state index in [-0.39, 0.29) is 5.92 Å². The van der Waals surface area contributed by atoms with Crippen molar-refractivity contribution in [1.82, 2.24) is 0 Å². The van der Waals surface area contributed by atoms with E-state index in [1.54, 1.807) is 0 Å². The van der Waals surface area contributed by atoms with Crippen LogP contribution in [0.25, 0.3) is 0 Å². The van der Waals surface area contributed by atoms with Gasteiger partial charge >= 0.3 is 0 Å². The molecule has 1 heteroatoms. The van der Waals surface area contributed by atoms with E-state index in [0.29, 0.717) is 11.7 Å². The molecule has 1 aliphatic rings. The van der Waals surface area contributed by atoms with Crippen LogP contribution in [-0.2, 0) is 0 Å². The predicted molar refractivity (Wildman–Crippen MR) is 72.8 cm³/mol. The lowest BCUT2D eigenvalue weighted by atomic mass is 10.0. The van der Waals surface area contributed by atoms with Gasteiger partial charge in [-0.3, -0.25) is 4.79 Å². The molecule has 0 amide bonds. The number of carbonyl (C=O) groups is 1. The molecule has 90 valence electrons. The maximum Gasteiger partial charge on any atom is 0.166 e. The van der Waals surface area contributed by atoms with E-state index in [0.717, 1.165) is 12.0 Å². The van der Waals surface area contributed by atoms with E-state index in [1.165, 1.54) is 11.1 Å². The number of aryl methyl sites for hydroxylation is 1. The second-order valence-corrected chi connectivity index (χ2v) is 5.09. The van der Waals surface area contributed by atoms with Gasteiger partial charge in [0.05, 0.1) is 0 Å². The van der Waals surface area contributed by atoms with Crippen LogP contribution < -0.4 is 0 Å². The number of Topliss-reactive ketones (excluding diaryl/α,β-unsaturated/α-hetero) is 1. The Morgan fingerprint density at radius 2 is 1.67 bits per heavy atom. The van der Waals surface area contributed by atoms with Gasteiger partial charge in [0.15, 0.2) is 5.78 Å². The fourth-order valence-electron chi connectivity index (χ4n) is 2.48. The first kappa shape index (κ1) is 11.2. The lowest BCUT2D eigenvalue weighted by Crippen LogP contribution is -2.02. The molecule has 0 unspecified atom stereocenters. The molecule has 1 fully saturated rings. The van der Waals surface area contributed by atoms with Crippen molar-refractivity contribution in [1.29, 1.82) is 0 Å². The van der Waals surface area contributed by atoms with Crippen LogP contribution in [0, 0.1) is 12.8 Å². The highest BCUT2D eigenvalue weighted by atomic mass is 16.1. The average Bonchev–Trinajstić information content (AvgIpc) is 3.20. The highest BCUT2D eigenvalue weighted by Gasteiger charge is 2.43. The van der Waals surface area contributed by atoms with Crippen LogP contribution in [0.4, 0.5) is 0 Å². The molecule has 0 heterocycles. The van der Waals surface area contributed by atoms with E-state index >= 15 is 0 Å². The fraction of sp³-hybridized carbons (Fsp3) is 0.235. The predicted octanol–water partition coefficient (Wildman–Crippen LogP) is 3.98. The van der Waals surface area contributed by atoms with Crippen LogP contribution in [0.15, 0.2) is 54.6 Å². The van der Waals surface area contributed by atoms with Crippen molar-refractivity contribution in [2.24, 2.45) is 5.92 Å². The molecule has 0 aromatic heterocycles. The molecule has 0 N–H and O–H groups in total. The highest BCUT2D eigenvalue weighted by Crippen LogP contribution is 2.49. The van der Waals surface area contributed by atoms with Crippen LogP contribution in [-0.4, -0.2) is 5.78 Å². The van der Waals surface area contributed by atoms with Gasteiger partial charge in [0.1, 0.15) is 0 Å². The third-order valence-electron chi connectivity index (χ3n) is 3.69. The number of hydrogen-bond acceptors (Lipinski definition) is 1. The first-order valence-corrected chi connectivity index (χ1v) is 6.41. The van der Waals surface area contributed by atoms with Crippen LogP contribution in [0.2, 0.25) is 0 Å². The molecular weight excluding hydrogens is 220 g/mol. The molecule has 0 spiro atoms. The van der Waals surface area contributed by atoms with Crippen molar-refractivity contribution in [2.45, 2.75) is 19.3 Å². The summed E-state index contributed by atoms with van der Waals surface area (Å²) in [6.45, 7) is 2.09. The van der Waals surface area contributed by atoms with Gasteiger partial charge < -0.3 is 0 Å². The van der Waals surface area contributed by atoms with Crippen molar-refractivity contribution in [3.05, 3.63) is 71.3 Å². The van der Waals surface area contributed by atoms with Gasteiger partial charge in [-0.05, 0) is 24.8 Å². The van der Waals surface area contributed by atoms with Gasteiger partial charge in [-0.25, -0.2) is 0 Å². The van der Waals surface area contributed by atoms with Gasteiger partial charge in [-0.15, -0.1) is 0 Å². The summed E-state index contributed by atoms with van der Waals surface area (Å²) in [5.41, 5.74) is 3.41. The Morgan fingerprint density at radius 3 is 2.33 bits per heavy atom. The molecule has 1 nitrogen and oxygen atoms in total. The van der Waals surface area contributed by atoms with Gasteiger partial charge in [0.25, 0.3) is 0 Å². The lowest BCUT2D eigenvalue weighted by Gasteiger charge is -2.01. The summed E-state index contributed by atoms with van der Waals surface area (Å²) in [5.74, 6) is 0.912. The Kier molecular flexibility index (Phi) is 2.75. The van der Waals surface area contributed by atoms with Gasteiger partial charge in [0.2, 0.25) is 0 Å². The Balaban J connectivity index is 1.75. The quantitative estimate of drug-likeness (QED) is 0.737. The van der Waals surface area contributed by atoms with E-state index in [2.05, 4.69) is 31.2 Å². The van der Waals surface area contributed by atoms with Gasteiger partial charge in [-0.2, -0.15) is 0 Å². The summed E-state index contributed by atoms with van der Waals surface area (Å²) in [6.07, 6.45) is 0.997. The minimum absolute atomic E-state index is 0.190. The van der Waals surface area contributed by atoms with Crippen LogP contribution in [0.5, 0.6) is 0 Å². The molecule has 0 saturated heterocycles. The summed E-state index contributed by atoms with van der Waals surface area (Å²) < 4.78 is 0. The molecule has 2 aromatic carbocycles. The molecule has 18 heavy (non-hydrogen) atoms. The van der Waals surface area contributed by atoms with E-state index in [1.807, 2.05) is 30.3 Å². The number of rotatable bonds is 3. The molecular formula is C17H16O. The molecule has 0 aliphatic heterocycles. The largest absolute Gasteiger partial charge is 0.294 e. The van der Waals surface area contributed by atoms with Crippen molar-refractivity contribution >= 4 is 5.78 Å². The van der Waals surface area contributed by atoms with E-state index < -0.39 is 0 Å². The minimum atomic E-state index is 0.190. The Labute approximate surface area is 107 Å². The Hall–Kier alpha value is -1.89. The average molecular weight is 236 g/mol. The summed E-state index contributed by atoms with van der Waals surface area (Å²) in [6, 6.07) is 18.2. The van der Waals surface area contributed by atoms with Crippen LogP contribution in [0.3, 0.4) is 0 Å². The smallest absolute Gasteiger partial charge is 0.166 e. The van der Waals surface area contributed by atoms with Crippen LogP contribution >= 0.6 is 0 Å². The summed E-state index contributed by atoms with van der Waals surface area (Å²) in [5, 5.41) is 0. The molecule has 0 radical (unpaired) electrons. The Bertz CT molecular complexity index is 554. The topological polar surface area (TPSA) is 17.1 Å². The third-order valence-corrected chi connectivity index (χ3v) is 3.69.